The van der Waals surface area contributed by atoms with Crippen molar-refractivity contribution in [2.45, 2.75) is 6.92 Å². The summed E-state index contributed by atoms with van der Waals surface area (Å²) in [7, 11) is 0. The van der Waals surface area contributed by atoms with Crippen molar-refractivity contribution >= 4 is 6.08 Å². The largest absolute Gasteiger partial charge is 0.204 e. The van der Waals surface area contributed by atoms with Crippen LogP contribution in [0.4, 0.5) is 13.2 Å². The Hall–Kier alpha value is -1.51. The quantitative estimate of drug-likeness (QED) is 0.502. The number of hydrogen-bond donors (Lipinski definition) is 0. The predicted molar refractivity (Wildman–Crippen MR) is 50.2 cm³/mol. The standard InChI is InChI=1S/C11H9F3/c1-2-3-4-5-8-6-9(12)11(14)10(13)7-8/h2-7H,1H3/b3-2+,5-4+. The predicted octanol–water partition coefficient (Wildman–Crippen LogP) is 3.69. The summed E-state index contributed by atoms with van der Waals surface area (Å²) in [5.41, 5.74) is 0.291. The van der Waals surface area contributed by atoms with Crippen LogP contribution < -0.4 is 0 Å². The van der Waals surface area contributed by atoms with Crippen molar-refractivity contribution in [3.63, 3.8) is 0 Å². The topological polar surface area (TPSA) is 0 Å². The molecule has 0 bridgehead atoms. The fraction of sp³-hybridized carbons (Fsp3) is 0.0909. The van der Waals surface area contributed by atoms with Crippen molar-refractivity contribution in [3.8, 4) is 0 Å². The van der Waals surface area contributed by atoms with Gasteiger partial charge in [0.05, 0.1) is 0 Å². The number of allylic oxidation sites excluding steroid dienone is 3. The van der Waals surface area contributed by atoms with Crippen LogP contribution in [0, 0.1) is 17.5 Å². The number of halogens is 3. The highest BCUT2D eigenvalue weighted by Gasteiger charge is 2.08. The minimum Gasteiger partial charge on any atom is -0.204 e. The van der Waals surface area contributed by atoms with E-state index in [2.05, 4.69) is 0 Å². The summed E-state index contributed by atoms with van der Waals surface area (Å²) in [6.45, 7) is 1.82. The minimum atomic E-state index is -1.44. The first-order valence-corrected chi connectivity index (χ1v) is 4.09. The van der Waals surface area contributed by atoms with Gasteiger partial charge in [0.2, 0.25) is 0 Å². The molecule has 0 spiro atoms. The molecular formula is C11H9F3. The van der Waals surface area contributed by atoms with E-state index in [1.165, 1.54) is 6.08 Å². The van der Waals surface area contributed by atoms with Crippen molar-refractivity contribution in [1.29, 1.82) is 0 Å². The molecule has 0 radical (unpaired) electrons. The molecule has 0 saturated heterocycles. The first-order chi connectivity index (χ1) is 6.65. The molecule has 0 nitrogen and oxygen atoms in total. The van der Waals surface area contributed by atoms with Crippen molar-refractivity contribution in [3.05, 3.63) is 53.4 Å². The van der Waals surface area contributed by atoms with Crippen molar-refractivity contribution in [2.24, 2.45) is 0 Å². The van der Waals surface area contributed by atoms with E-state index < -0.39 is 17.5 Å². The zero-order chi connectivity index (χ0) is 10.6. The monoisotopic (exact) mass is 198 g/mol. The number of hydrogen-bond acceptors (Lipinski definition) is 0. The minimum absolute atomic E-state index is 0.291. The average Bonchev–Trinajstić information content (AvgIpc) is 2.14. The van der Waals surface area contributed by atoms with Crippen molar-refractivity contribution in [1.82, 2.24) is 0 Å². The number of benzene rings is 1. The van der Waals surface area contributed by atoms with Crippen molar-refractivity contribution in [2.75, 3.05) is 0 Å². The van der Waals surface area contributed by atoms with Crippen LogP contribution in [-0.2, 0) is 0 Å². The molecule has 0 aliphatic rings. The van der Waals surface area contributed by atoms with Crippen LogP contribution in [0.3, 0.4) is 0 Å². The Kier molecular flexibility index (Phi) is 3.51. The lowest BCUT2D eigenvalue weighted by Crippen LogP contribution is -1.90. The second-order valence-corrected chi connectivity index (χ2v) is 2.68. The zero-order valence-electron chi connectivity index (χ0n) is 7.60. The normalized spacial score (nSPS) is 11.7. The van der Waals surface area contributed by atoms with Crippen LogP contribution in [0.25, 0.3) is 6.08 Å². The van der Waals surface area contributed by atoms with E-state index in [4.69, 9.17) is 0 Å². The van der Waals surface area contributed by atoms with E-state index in [1.807, 2.05) is 6.92 Å². The van der Waals surface area contributed by atoms with Gasteiger partial charge in [-0.05, 0) is 24.6 Å². The van der Waals surface area contributed by atoms with Gasteiger partial charge < -0.3 is 0 Å². The molecule has 0 atom stereocenters. The summed E-state index contributed by atoms with van der Waals surface area (Å²) in [4.78, 5) is 0. The Balaban J connectivity index is 3.01. The van der Waals surface area contributed by atoms with E-state index in [9.17, 15) is 13.2 Å². The maximum Gasteiger partial charge on any atom is 0.194 e. The highest BCUT2D eigenvalue weighted by Crippen LogP contribution is 2.14. The van der Waals surface area contributed by atoms with Gasteiger partial charge in [-0.25, -0.2) is 13.2 Å². The lowest BCUT2D eigenvalue weighted by Gasteiger charge is -1.97. The molecule has 0 unspecified atom stereocenters. The highest BCUT2D eigenvalue weighted by atomic mass is 19.2. The third-order valence-corrected chi connectivity index (χ3v) is 1.60. The molecular weight excluding hydrogens is 189 g/mol. The zero-order valence-corrected chi connectivity index (χ0v) is 7.60. The molecule has 0 saturated carbocycles. The Bertz CT molecular complexity index is 355. The van der Waals surface area contributed by atoms with Gasteiger partial charge in [-0.3, -0.25) is 0 Å². The van der Waals surface area contributed by atoms with Crippen LogP contribution in [0.5, 0.6) is 0 Å². The molecule has 0 aliphatic carbocycles. The molecule has 14 heavy (non-hydrogen) atoms. The summed E-state index contributed by atoms with van der Waals surface area (Å²) in [6, 6.07) is 1.89. The molecule has 3 heteroatoms. The molecule has 0 heterocycles. The van der Waals surface area contributed by atoms with Crippen molar-refractivity contribution < 1.29 is 13.2 Å². The van der Waals surface area contributed by atoms with E-state index in [0.29, 0.717) is 5.56 Å². The Morgan fingerprint density at radius 1 is 1.00 bits per heavy atom. The van der Waals surface area contributed by atoms with Gasteiger partial charge in [0.15, 0.2) is 17.5 Å². The molecule has 0 aliphatic heterocycles. The van der Waals surface area contributed by atoms with Crippen LogP contribution in [-0.4, -0.2) is 0 Å². The molecule has 0 amide bonds. The fourth-order valence-electron chi connectivity index (χ4n) is 0.949. The Morgan fingerprint density at radius 3 is 2.07 bits per heavy atom. The SMILES string of the molecule is C/C=C/C=C/c1cc(F)c(F)c(F)c1. The first kappa shape index (κ1) is 10.6. The van der Waals surface area contributed by atoms with Gasteiger partial charge in [0, 0.05) is 0 Å². The molecule has 0 fully saturated rings. The summed E-state index contributed by atoms with van der Waals surface area (Å²) >= 11 is 0. The van der Waals surface area contributed by atoms with E-state index in [0.717, 1.165) is 12.1 Å². The van der Waals surface area contributed by atoms with E-state index in [-0.39, 0.29) is 0 Å². The fourth-order valence-corrected chi connectivity index (χ4v) is 0.949. The molecule has 1 rings (SSSR count). The second kappa shape index (κ2) is 4.65. The third-order valence-electron chi connectivity index (χ3n) is 1.60. The third kappa shape index (κ3) is 2.49. The Morgan fingerprint density at radius 2 is 1.57 bits per heavy atom. The van der Waals surface area contributed by atoms with Crippen LogP contribution >= 0.6 is 0 Å². The first-order valence-electron chi connectivity index (χ1n) is 4.09. The summed E-state index contributed by atoms with van der Waals surface area (Å²) in [5, 5.41) is 0. The molecule has 0 aromatic heterocycles. The molecule has 0 N–H and O–H groups in total. The lowest BCUT2D eigenvalue weighted by atomic mass is 10.2. The van der Waals surface area contributed by atoms with Gasteiger partial charge in [0.1, 0.15) is 0 Å². The van der Waals surface area contributed by atoms with Gasteiger partial charge in [-0.2, -0.15) is 0 Å². The summed E-state index contributed by atoms with van der Waals surface area (Å²) in [6.07, 6.45) is 6.59. The Labute approximate surface area is 80.4 Å². The number of rotatable bonds is 2. The van der Waals surface area contributed by atoms with Crippen LogP contribution in [0.1, 0.15) is 12.5 Å². The van der Waals surface area contributed by atoms with Crippen LogP contribution in [0.15, 0.2) is 30.4 Å². The van der Waals surface area contributed by atoms with Gasteiger partial charge in [-0.1, -0.05) is 24.3 Å². The van der Waals surface area contributed by atoms with Crippen LogP contribution in [0.2, 0.25) is 0 Å². The van der Waals surface area contributed by atoms with E-state index >= 15 is 0 Å². The molecule has 74 valence electrons. The maximum absolute atomic E-state index is 12.7. The summed E-state index contributed by atoms with van der Waals surface area (Å²) < 4.78 is 37.9. The highest BCUT2D eigenvalue weighted by molar-refractivity contribution is 5.51. The average molecular weight is 198 g/mol. The second-order valence-electron chi connectivity index (χ2n) is 2.68. The lowest BCUT2D eigenvalue weighted by molar-refractivity contribution is 0.447. The van der Waals surface area contributed by atoms with Gasteiger partial charge >= 0.3 is 0 Å². The maximum atomic E-state index is 12.7. The molecule has 1 aromatic rings. The van der Waals surface area contributed by atoms with Gasteiger partial charge in [0.25, 0.3) is 0 Å². The van der Waals surface area contributed by atoms with Gasteiger partial charge in [-0.15, -0.1) is 0 Å². The van der Waals surface area contributed by atoms with E-state index in [1.54, 1.807) is 18.2 Å². The molecule has 1 aromatic carbocycles. The summed E-state index contributed by atoms with van der Waals surface area (Å²) in [5.74, 6) is -3.79. The smallest absolute Gasteiger partial charge is 0.194 e.